The van der Waals surface area contributed by atoms with Crippen LogP contribution in [0.3, 0.4) is 0 Å². The molecule has 112 valence electrons. The molecule has 0 unspecified atom stereocenters. The standard InChI is InChI=1S/C15H20N4OS/c20-21(15-6-2-1-3-7-15)10-9-18-8-4-5-14(18)11-19-13-16-12-17-19/h1-3,6-7,12-14H,4-5,8-11H2/t14-,21-/m0/s1. The van der Waals surface area contributed by atoms with Crippen LogP contribution in [0.4, 0.5) is 0 Å². The van der Waals surface area contributed by atoms with E-state index in [2.05, 4.69) is 15.0 Å². The highest BCUT2D eigenvalue weighted by Gasteiger charge is 2.25. The van der Waals surface area contributed by atoms with E-state index >= 15 is 0 Å². The van der Waals surface area contributed by atoms with Crippen molar-refractivity contribution in [3.05, 3.63) is 43.0 Å². The van der Waals surface area contributed by atoms with Gasteiger partial charge in [-0.15, -0.1) is 0 Å². The average molecular weight is 304 g/mol. The van der Waals surface area contributed by atoms with Crippen LogP contribution in [0.2, 0.25) is 0 Å². The molecule has 1 aromatic carbocycles. The van der Waals surface area contributed by atoms with Crippen molar-refractivity contribution in [2.45, 2.75) is 30.3 Å². The molecule has 1 fully saturated rings. The van der Waals surface area contributed by atoms with Gasteiger partial charge in [0, 0.05) is 23.2 Å². The van der Waals surface area contributed by atoms with Gasteiger partial charge < -0.3 is 0 Å². The molecule has 0 radical (unpaired) electrons. The van der Waals surface area contributed by atoms with Gasteiger partial charge in [-0.2, -0.15) is 5.10 Å². The van der Waals surface area contributed by atoms with Crippen LogP contribution in [-0.4, -0.2) is 48.8 Å². The zero-order valence-electron chi connectivity index (χ0n) is 12.0. The van der Waals surface area contributed by atoms with E-state index in [4.69, 9.17) is 0 Å². The van der Waals surface area contributed by atoms with Gasteiger partial charge in [0.2, 0.25) is 0 Å². The summed E-state index contributed by atoms with van der Waals surface area (Å²) < 4.78 is 14.2. The Morgan fingerprint density at radius 1 is 1.29 bits per heavy atom. The SMILES string of the molecule is O=[S@@](CCN1CCC[C@H]1Cn1cncn1)c1ccccc1. The molecule has 1 aliphatic rings. The number of rotatable bonds is 6. The summed E-state index contributed by atoms with van der Waals surface area (Å²) in [5.41, 5.74) is 0. The minimum Gasteiger partial charge on any atom is -0.298 e. The van der Waals surface area contributed by atoms with Gasteiger partial charge in [-0.05, 0) is 31.5 Å². The maximum absolute atomic E-state index is 12.3. The molecule has 3 rings (SSSR count). The molecule has 0 saturated carbocycles. The van der Waals surface area contributed by atoms with Crippen LogP contribution in [-0.2, 0) is 17.3 Å². The molecule has 0 bridgehead atoms. The molecule has 21 heavy (non-hydrogen) atoms. The first-order valence-electron chi connectivity index (χ1n) is 7.33. The van der Waals surface area contributed by atoms with E-state index in [9.17, 15) is 4.21 Å². The fourth-order valence-electron chi connectivity index (χ4n) is 2.83. The monoisotopic (exact) mass is 304 g/mol. The number of benzene rings is 1. The van der Waals surface area contributed by atoms with Crippen molar-refractivity contribution in [3.63, 3.8) is 0 Å². The molecule has 0 aliphatic carbocycles. The highest BCUT2D eigenvalue weighted by molar-refractivity contribution is 7.85. The average Bonchev–Trinajstić information content (AvgIpc) is 3.18. The minimum absolute atomic E-state index is 0.486. The lowest BCUT2D eigenvalue weighted by Crippen LogP contribution is -2.35. The van der Waals surface area contributed by atoms with E-state index in [1.807, 2.05) is 35.0 Å². The summed E-state index contributed by atoms with van der Waals surface area (Å²) in [5, 5.41) is 4.18. The Labute approximate surface area is 127 Å². The highest BCUT2D eigenvalue weighted by atomic mass is 32.2. The van der Waals surface area contributed by atoms with Crippen LogP contribution >= 0.6 is 0 Å². The largest absolute Gasteiger partial charge is 0.298 e. The first kappa shape index (κ1) is 14.4. The number of hydrogen-bond acceptors (Lipinski definition) is 4. The van der Waals surface area contributed by atoms with Crippen LogP contribution in [0.1, 0.15) is 12.8 Å². The van der Waals surface area contributed by atoms with Gasteiger partial charge in [0.15, 0.2) is 0 Å². The first-order chi connectivity index (χ1) is 10.3. The molecule has 1 aliphatic heterocycles. The Morgan fingerprint density at radius 3 is 2.90 bits per heavy atom. The molecule has 1 aromatic heterocycles. The molecule has 1 saturated heterocycles. The van der Waals surface area contributed by atoms with E-state index in [1.165, 1.54) is 12.8 Å². The van der Waals surface area contributed by atoms with Gasteiger partial charge in [-0.1, -0.05) is 18.2 Å². The van der Waals surface area contributed by atoms with E-state index in [1.54, 1.807) is 12.7 Å². The lowest BCUT2D eigenvalue weighted by Gasteiger charge is -2.23. The highest BCUT2D eigenvalue weighted by Crippen LogP contribution is 2.18. The van der Waals surface area contributed by atoms with Crippen molar-refractivity contribution in [2.24, 2.45) is 0 Å². The van der Waals surface area contributed by atoms with Gasteiger partial charge in [0.05, 0.1) is 17.3 Å². The smallest absolute Gasteiger partial charge is 0.137 e. The topological polar surface area (TPSA) is 51.0 Å². The molecule has 6 heteroatoms. The second-order valence-corrected chi connectivity index (χ2v) is 6.88. The molecule has 0 amide bonds. The first-order valence-corrected chi connectivity index (χ1v) is 8.65. The molecule has 2 atom stereocenters. The lowest BCUT2D eigenvalue weighted by atomic mass is 10.2. The van der Waals surface area contributed by atoms with Gasteiger partial charge in [-0.25, -0.2) is 4.98 Å². The maximum atomic E-state index is 12.3. The predicted octanol–water partition coefficient (Wildman–Crippen LogP) is 1.55. The Bertz CT molecular complexity index is 573. The molecule has 5 nitrogen and oxygen atoms in total. The quantitative estimate of drug-likeness (QED) is 0.812. The summed E-state index contributed by atoms with van der Waals surface area (Å²) in [6.45, 7) is 2.84. The summed E-state index contributed by atoms with van der Waals surface area (Å²) in [6.07, 6.45) is 5.72. The van der Waals surface area contributed by atoms with E-state index < -0.39 is 10.8 Å². The third-order valence-electron chi connectivity index (χ3n) is 3.93. The predicted molar refractivity (Wildman–Crippen MR) is 82.3 cm³/mol. The molecule has 2 heterocycles. The Balaban J connectivity index is 1.53. The fraction of sp³-hybridized carbons (Fsp3) is 0.467. The van der Waals surface area contributed by atoms with Crippen LogP contribution < -0.4 is 0 Å². The van der Waals surface area contributed by atoms with Crippen molar-refractivity contribution in [1.29, 1.82) is 0 Å². The molecule has 0 spiro atoms. The molecule has 2 aromatic rings. The summed E-state index contributed by atoms with van der Waals surface area (Å²) >= 11 is 0. The van der Waals surface area contributed by atoms with Crippen LogP contribution in [0, 0.1) is 0 Å². The number of hydrogen-bond donors (Lipinski definition) is 0. The lowest BCUT2D eigenvalue weighted by molar-refractivity contribution is 0.239. The summed E-state index contributed by atoms with van der Waals surface area (Å²) in [7, 11) is -0.909. The van der Waals surface area contributed by atoms with Crippen molar-refractivity contribution < 1.29 is 4.21 Å². The zero-order chi connectivity index (χ0) is 14.5. The number of likely N-dealkylation sites (tertiary alicyclic amines) is 1. The normalized spacial score (nSPS) is 20.7. The number of nitrogens with zero attached hydrogens (tertiary/aromatic N) is 4. The van der Waals surface area contributed by atoms with E-state index in [-0.39, 0.29) is 0 Å². The summed E-state index contributed by atoms with van der Waals surface area (Å²) in [4.78, 5) is 7.34. The van der Waals surface area contributed by atoms with E-state index in [0.717, 1.165) is 24.5 Å². The fourth-order valence-corrected chi connectivity index (χ4v) is 3.93. The molecular formula is C15H20N4OS. The minimum atomic E-state index is -0.909. The van der Waals surface area contributed by atoms with Gasteiger partial charge in [0.1, 0.15) is 12.7 Å². The summed E-state index contributed by atoms with van der Waals surface area (Å²) in [6, 6.07) is 10.2. The third kappa shape index (κ3) is 3.77. The van der Waals surface area contributed by atoms with Crippen molar-refractivity contribution in [3.8, 4) is 0 Å². The van der Waals surface area contributed by atoms with Gasteiger partial charge >= 0.3 is 0 Å². The Kier molecular flexibility index (Phi) is 4.77. The Hall–Kier alpha value is -1.53. The number of aromatic nitrogens is 3. The molecule has 0 N–H and O–H groups in total. The van der Waals surface area contributed by atoms with Gasteiger partial charge in [-0.3, -0.25) is 13.8 Å². The summed E-state index contributed by atoms with van der Waals surface area (Å²) in [5.74, 6) is 0.692. The second kappa shape index (κ2) is 6.95. The van der Waals surface area contributed by atoms with Crippen LogP contribution in [0.25, 0.3) is 0 Å². The zero-order valence-corrected chi connectivity index (χ0v) is 12.8. The van der Waals surface area contributed by atoms with E-state index in [0.29, 0.717) is 11.8 Å². The van der Waals surface area contributed by atoms with Crippen LogP contribution in [0.15, 0.2) is 47.9 Å². The van der Waals surface area contributed by atoms with Crippen molar-refractivity contribution in [2.75, 3.05) is 18.8 Å². The third-order valence-corrected chi connectivity index (χ3v) is 5.28. The van der Waals surface area contributed by atoms with Crippen molar-refractivity contribution in [1.82, 2.24) is 19.7 Å². The van der Waals surface area contributed by atoms with Gasteiger partial charge in [0.25, 0.3) is 0 Å². The second-order valence-electron chi connectivity index (χ2n) is 5.31. The maximum Gasteiger partial charge on any atom is 0.137 e. The van der Waals surface area contributed by atoms with Crippen molar-refractivity contribution >= 4 is 10.8 Å². The molecular weight excluding hydrogens is 284 g/mol. The Morgan fingerprint density at radius 2 is 2.14 bits per heavy atom. The van der Waals surface area contributed by atoms with Crippen LogP contribution in [0.5, 0.6) is 0 Å².